The summed E-state index contributed by atoms with van der Waals surface area (Å²) in [5, 5.41) is 4.30. The Labute approximate surface area is 153 Å². The fourth-order valence-corrected chi connectivity index (χ4v) is 2.53. The van der Waals surface area contributed by atoms with Crippen LogP contribution in [-0.4, -0.2) is 23.3 Å². The lowest BCUT2D eigenvalue weighted by Gasteiger charge is -2.10. The number of aromatic nitrogens is 2. The lowest BCUT2D eigenvalue weighted by atomic mass is 10.1. The summed E-state index contributed by atoms with van der Waals surface area (Å²) in [5.74, 6) is 2.19. The summed E-state index contributed by atoms with van der Waals surface area (Å²) < 4.78 is 5.45. The number of hydrazone groups is 1. The maximum Gasteiger partial charge on any atom is 0.150 e. The van der Waals surface area contributed by atoms with Gasteiger partial charge in [-0.3, -0.25) is 5.43 Å². The van der Waals surface area contributed by atoms with Crippen LogP contribution in [0.5, 0.6) is 5.75 Å². The van der Waals surface area contributed by atoms with Crippen LogP contribution >= 0.6 is 0 Å². The Morgan fingerprint density at radius 3 is 2.58 bits per heavy atom. The Morgan fingerprint density at radius 2 is 1.85 bits per heavy atom. The minimum atomic E-state index is 0.654. The normalized spacial score (nSPS) is 10.9. The number of ether oxygens (including phenoxy) is 1. The van der Waals surface area contributed by atoms with E-state index in [0.29, 0.717) is 5.82 Å². The van der Waals surface area contributed by atoms with Crippen molar-refractivity contribution in [2.24, 2.45) is 5.10 Å². The van der Waals surface area contributed by atoms with Crippen molar-refractivity contribution in [2.75, 3.05) is 12.5 Å². The van der Waals surface area contributed by atoms with Crippen LogP contribution in [-0.2, 0) is 6.42 Å². The molecule has 3 aromatic rings. The third-order valence-electron chi connectivity index (χ3n) is 3.94. The van der Waals surface area contributed by atoms with E-state index in [2.05, 4.69) is 39.6 Å². The largest absolute Gasteiger partial charge is 0.496 e. The van der Waals surface area contributed by atoms with Crippen molar-refractivity contribution in [3.8, 4) is 17.0 Å². The van der Waals surface area contributed by atoms with Crippen LogP contribution in [0.4, 0.5) is 5.82 Å². The maximum absolute atomic E-state index is 5.45. The van der Waals surface area contributed by atoms with E-state index < -0.39 is 0 Å². The number of nitrogens with zero attached hydrogens (tertiary/aromatic N) is 3. The van der Waals surface area contributed by atoms with Crippen LogP contribution in [0.2, 0.25) is 0 Å². The Bertz CT molecular complexity index is 904. The molecule has 1 N–H and O–H groups in total. The molecule has 1 aromatic heterocycles. The number of hydrogen-bond acceptors (Lipinski definition) is 5. The zero-order chi connectivity index (χ0) is 18.4. The summed E-state index contributed by atoms with van der Waals surface area (Å²) in [4.78, 5) is 9.13. The van der Waals surface area contributed by atoms with Crippen LogP contribution in [0.25, 0.3) is 11.3 Å². The first-order valence-electron chi connectivity index (χ1n) is 8.56. The molecule has 0 aliphatic rings. The molecule has 0 unspecified atom stereocenters. The van der Waals surface area contributed by atoms with Crippen molar-refractivity contribution in [3.05, 3.63) is 71.5 Å². The Balaban J connectivity index is 1.87. The molecule has 0 fully saturated rings. The van der Waals surface area contributed by atoms with E-state index in [9.17, 15) is 0 Å². The number of benzene rings is 2. The summed E-state index contributed by atoms with van der Waals surface area (Å²) >= 11 is 0. The lowest BCUT2D eigenvalue weighted by Crippen LogP contribution is -2.01. The van der Waals surface area contributed by atoms with E-state index in [-0.39, 0.29) is 0 Å². The van der Waals surface area contributed by atoms with Crippen molar-refractivity contribution < 1.29 is 4.74 Å². The van der Waals surface area contributed by atoms with E-state index in [0.717, 1.165) is 34.8 Å². The van der Waals surface area contributed by atoms with Gasteiger partial charge in [0.25, 0.3) is 0 Å². The van der Waals surface area contributed by atoms with E-state index >= 15 is 0 Å². The smallest absolute Gasteiger partial charge is 0.150 e. The summed E-state index contributed by atoms with van der Waals surface area (Å²) in [7, 11) is 1.66. The van der Waals surface area contributed by atoms with Gasteiger partial charge in [0.15, 0.2) is 5.82 Å². The Kier molecular flexibility index (Phi) is 5.59. The molecule has 0 spiro atoms. The lowest BCUT2D eigenvalue weighted by molar-refractivity contribution is 0.416. The summed E-state index contributed by atoms with van der Waals surface area (Å²) in [6.07, 6.45) is 2.51. The molecule has 132 valence electrons. The minimum Gasteiger partial charge on any atom is -0.496 e. The quantitative estimate of drug-likeness (QED) is 0.528. The van der Waals surface area contributed by atoms with Gasteiger partial charge in [0.2, 0.25) is 0 Å². The number of nitrogens with one attached hydrogen (secondary N) is 1. The highest BCUT2D eigenvalue weighted by molar-refractivity contribution is 5.80. The number of methoxy groups -OCH3 is 1. The third kappa shape index (κ3) is 4.25. The van der Waals surface area contributed by atoms with Crippen molar-refractivity contribution in [3.63, 3.8) is 0 Å². The highest BCUT2D eigenvalue weighted by atomic mass is 16.5. The molecule has 2 aromatic carbocycles. The molecule has 26 heavy (non-hydrogen) atoms. The van der Waals surface area contributed by atoms with Gasteiger partial charge >= 0.3 is 0 Å². The predicted octanol–water partition coefficient (Wildman–Crippen LogP) is 4.47. The van der Waals surface area contributed by atoms with Gasteiger partial charge in [-0.15, -0.1) is 0 Å². The van der Waals surface area contributed by atoms with Gasteiger partial charge in [-0.25, -0.2) is 9.97 Å². The summed E-state index contributed by atoms with van der Waals surface area (Å²) in [5.41, 5.74) is 6.99. The molecule has 1 heterocycles. The zero-order valence-corrected chi connectivity index (χ0v) is 15.2. The first kappa shape index (κ1) is 17.6. The molecule has 0 saturated carbocycles. The Morgan fingerprint density at radius 1 is 1.08 bits per heavy atom. The van der Waals surface area contributed by atoms with Crippen molar-refractivity contribution in [1.29, 1.82) is 0 Å². The highest BCUT2D eigenvalue weighted by Crippen LogP contribution is 2.29. The standard InChI is InChI=1S/C21H22N4O/c1-4-20-23-18(17-7-5-6-8-19(17)26-3)13-21(24-20)25-22-14-16-11-9-15(2)10-12-16/h5-14H,4H2,1-3H3,(H,23,24,25)/b22-14+. The first-order chi connectivity index (χ1) is 12.7. The van der Waals surface area contributed by atoms with Gasteiger partial charge < -0.3 is 4.74 Å². The van der Waals surface area contributed by atoms with E-state index in [4.69, 9.17) is 4.74 Å². The predicted molar refractivity (Wildman–Crippen MR) is 106 cm³/mol. The van der Waals surface area contributed by atoms with Crippen molar-refractivity contribution >= 4 is 12.0 Å². The molecule has 0 aliphatic carbocycles. The van der Waals surface area contributed by atoms with E-state index in [1.807, 2.05) is 49.4 Å². The average Bonchev–Trinajstić information content (AvgIpc) is 2.69. The van der Waals surface area contributed by atoms with Crippen LogP contribution in [0.3, 0.4) is 0 Å². The van der Waals surface area contributed by atoms with E-state index in [1.165, 1.54) is 5.56 Å². The van der Waals surface area contributed by atoms with Gasteiger partial charge in [0, 0.05) is 18.1 Å². The molecule has 0 bridgehead atoms. The monoisotopic (exact) mass is 346 g/mol. The molecule has 0 amide bonds. The van der Waals surface area contributed by atoms with Crippen LogP contribution in [0.1, 0.15) is 23.9 Å². The van der Waals surface area contributed by atoms with Gasteiger partial charge in [-0.05, 0) is 24.6 Å². The van der Waals surface area contributed by atoms with Crippen LogP contribution in [0, 0.1) is 6.92 Å². The molecule has 0 atom stereocenters. The number of hydrogen-bond donors (Lipinski definition) is 1. The number of para-hydroxylation sites is 1. The van der Waals surface area contributed by atoms with Crippen LogP contribution in [0.15, 0.2) is 59.7 Å². The Hall–Kier alpha value is -3.21. The molecule has 5 heteroatoms. The first-order valence-corrected chi connectivity index (χ1v) is 8.56. The molecular formula is C21H22N4O. The van der Waals surface area contributed by atoms with Gasteiger partial charge in [0.05, 0.1) is 19.0 Å². The highest BCUT2D eigenvalue weighted by Gasteiger charge is 2.10. The van der Waals surface area contributed by atoms with Gasteiger partial charge in [0.1, 0.15) is 11.6 Å². The average molecular weight is 346 g/mol. The number of aryl methyl sites for hydroxylation is 2. The zero-order valence-electron chi connectivity index (χ0n) is 15.2. The fraction of sp³-hybridized carbons (Fsp3) is 0.190. The van der Waals surface area contributed by atoms with Crippen molar-refractivity contribution in [1.82, 2.24) is 9.97 Å². The van der Waals surface area contributed by atoms with Gasteiger partial charge in [-0.1, -0.05) is 48.9 Å². The summed E-state index contributed by atoms with van der Waals surface area (Å²) in [6.45, 7) is 4.09. The van der Waals surface area contributed by atoms with Crippen molar-refractivity contribution in [2.45, 2.75) is 20.3 Å². The molecule has 0 saturated heterocycles. The molecule has 0 radical (unpaired) electrons. The third-order valence-corrected chi connectivity index (χ3v) is 3.94. The minimum absolute atomic E-state index is 0.654. The maximum atomic E-state index is 5.45. The molecule has 0 aliphatic heterocycles. The molecular weight excluding hydrogens is 324 g/mol. The second kappa shape index (κ2) is 8.25. The summed E-state index contributed by atoms with van der Waals surface area (Å²) in [6, 6.07) is 17.9. The van der Waals surface area contributed by atoms with E-state index in [1.54, 1.807) is 13.3 Å². The molecule has 3 rings (SSSR count). The fourth-order valence-electron chi connectivity index (χ4n) is 2.53. The number of rotatable bonds is 6. The molecule has 5 nitrogen and oxygen atoms in total. The van der Waals surface area contributed by atoms with Gasteiger partial charge in [-0.2, -0.15) is 5.10 Å². The second-order valence-corrected chi connectivity index (χ2v) is 5.89. The van der Waals surface area contributed by atoms with Crippen LogP contribution < -0.4 is 10.2 Å². The SMILES string of the molecule is CCc1nc(N/N=C/c2ccc(C)cc2)cc(-c2ccccc2OC)n1. The second-order valence-electron chi connectivity index (χ2n) is 5.89. The topological polar surface area (TPSA) is 59.4 Å². The number of anilines is 1.